The summed E-state index contributed by atoms with van der Waals surface area (Å²) in [6.45, 7) is 0. The van der Waals surface area contributed by atoms with Gasteiger partial charge in [-0.3, -0.25) is 0 Å². The molecule has 0 amide bonds. The van der Waals surface area contributed by atoms with Gasteiger partial charge in [0.1, 0.15) is 28.0 Å². The lowest BCUT2D eigenvalue weighted by Gasteiger charge is -2.34. The lowest BCUT2D eigenvalue weighted by Crippen LogP contribution is -2.15. The van der Waals surface area contributed by atoms with Crippen molar-refractivity contribution in [3.05, 3.63) is 164 Å². The summed E-state index contributed by atoms with van der Waals surface area (Å²) in [5.41, 5.74) is 12.2. The number of para-hydroxylation sites is 4. The molecule has 11 aromatic rings. The van der Waals surface area contributed by atoms with E-state index < -0.39 is 0 Å². The Balaban J connectivity index is 1.13. The number of nitrogens with zero attached hydrogens (tertiary/aromatic N) is 3. The van der Waals surface area contributed by atoms with Crippen molar-refractivity contribution in [3.63, 3.8) is 0 Å². The zero-order valence-corrected chi connectivity index (χ0v) is 28.2. The molecule has 0 fully saturated rings. The Kier molecular flexibility index (Phi) is 5.71. The van der Waals surface area contributed by atoms with Crippen molar-refractivity contribution in [1.29, 1.82) is 0 Å². The number of anilines is 3. The zero-order chi connectivity index (χ0) is 34.6. The maximum atomic E-state index is 6.55. The van der Waals surface area contributed by atoms with E-state index in [1.54, 1.807) is 0 Å². The molecular weight excluding hydrogens is 651 g/mol. The zero-order valence-electron chi connectivity index (χ0n) is 28.2. The lowest BCUT2D eigenvalue weighted by atomic mass is 9.90. The fraction of sp³-hybridized carbons (Fsp3) is 0. The highest BCUT2D eigenvalue weighted by atomic mass is 16.3. The monoisotopic (exact) mass is 677 g/mol. The molecule has 12 rings (SSSR count). The summed E-state index contributed by atoms with van der Waals surface area (Å²) in [6.07, 6.45) is 0. The van der Waals surface area contributed by atoms with Crippen LogP contribution in [0, 0.1) is 0 Å². The highest BCUT2D eigenvalue weighted by molar-refractivity contribution is 6.17. The van der Waals surface area contributed by atoms with Crippen LogP contribution in [0.4, 0.5) is 17.1 Å². The van der Waals surface area contributed by atoms with Crippen molar-refractivity contribution in [3.8, 4) is 33.8 Å². The predicted octanol–water partition coefficient (Wildman–Crippen LogP) is 13.4. The highest BCUT2D eigenvalue weighted by Crippen LogP contribution is 2.52. The highest BCUT2D eigenvalue weighted by Gasteiger charge is 2.28. The first-order valence-corrected chi connectivity index (χ1v) is 17.8. The molecule has 1 aliphatic heterocycles. The van der Waals surface area contributed by atoms with Crippen LogP contribution < -0.4 is 4.90 Å². The van der Waals surface area contributed by atoms with Crippen LogP contribution in [0.1, 0.15) is 0 Å². The summed E-state index contributed by atoms with van der Waals surface area (Å²) in [4.78, 5) is 13.1. The molecule has 0 bridgehead atoms. The van der Waals surface area contributed by atoms with E-state index in [1.807, 2.05) is 36.4 Å². The molecule has 5 nitrogen and oxygen atoms in total. The third-order valence-corrected chi connectivity index (χ3v) is 10.8. The average molecular weight is 678 g/mol. The number of aromatic nitrogens is 2. The van der Waals surface area contributed by atoms with E-state index in [2.05, 4.69) is 132 Å². The summed E-state index contributed by atoms with van der Waals surface area (Å²) < 4.78 is 13.1. The summed E-state index contributed by atoms with van der Waals surface area (Å²) in [6, 6.07) is 57.3. The summed E-state index contributed by atoms with van der Waals surface area (Å²) >= 11 is 0. The van der Waals surface area contributed by atoms with Crippen molar-refractivity contribution in [2.24, 2.45) is 0 Å². The Morgan fingerprint density at radius 2 is 1.00 bits per heavy atom. The van der Waals surface area contributed by atoms with Gasteiger partial charge in [0.05, 0.1) is 17.1 Å². The normalized spacial score (nSPS) is 12.5. The first-order valence-electron chi connectivity index (χ1n) is 17.8. The third-order valence-electron chi connectivity index (χ3n) is 10.8. The topological polar surface area (TPSA) is 55.3 Å². The molecule has 0 radical (unpaired) electrons. The van der Waals surface area contributed by atoms with Crippen LogP contribution in [0.3, 0.4) is 0 Å². The fourth-order valence-electron chi connectivity index (χ4n) is 8.52. The molecule has 0 N–H and O–H groups in total. The molecule has 0 spiro atoms. The Morgan fingerprint density at radius 1 is 0.377 bits per heavy atom. The van der Waals surface area contributed by atoms with Gasteiger partial charge in [0.25, 0.3) is 0 Å². The number of fused-ring (bicyclic) bond motifs is 9. The first-order chi connectivity index (χ1) is 26.3. The fourth-order valence-corrected chi connectivity index (χ4v) is 8.52. The Hall–Kier alpha value is -7.24. The van der Waals surface area contributed by atoms with Gasteiger partial charge in [-0.25, -0.2) is 9.97 Å². The van der Waals surface area contributed by atoms with E-state index in [9.17, 15) is 0 Å². The van der Waals surface area contributed by atoms with E-state index in [1.165, 1.54) is 27.6 Å². The van der Waals surface area contributed by atoms with Crippen molar-refractivity contribution in [1.82, 2.24) is 9.97 Å². The molecule has 246 valence electrons. The van der Waals surface area contributed by atoms with E-state index in [0.29, 0.717) is 17.1 Å². The van der Waals surface area contributed by atoms with Gasteiger partial charge in [0, 0.05) is 43.6 Å². The minimum Gasteiger partial charge on any atom is -0.455 e. The number of rotatable bonds is 3. The number of hydrogen-bond donors (Lipinski definition) is 0. The predicted molar refractivity (Wildman–Crippen MR) is 216 cm³/mol. The summed E-state index contributed by atoms with van der Waals surface area (Å²) in [5.74, 6) is 0.626. The molecule has 0 atom stereocenters. The minimum atomic E-state index is 0.626. The molecule has 0 unspecified atom stereocenters. The maximum absolute atomic E-state index is 6.55. The van der Waals surface area contributed by atoms with Gasteiger partial charge in [0.2, 0.25) is 0 Å². The van der Waals surface area contributed by atoms with Crippen molar-refractivity contribution >= 4 is 82.6 Å². The van der Waals surface area contributed by atoms with E-state index >= 15 is 0 Å². The second kappa shape index (κ2) is 10.6. The third kappa shape index (κ3) is 3.96. The Bertz CT molecular complexity index is 3310. The Morgan fingerprint density at radius 3 is 1.89 bits per heavy atom. The SMILES string of the molecule is c1ccc2c(c1)-c1cccc3cccc(c13)N2c1ccc(-c2nc(-c3cccc4c3oc3ccccc34)c3oc4ccccc4c3n2)c2ccccc12. The van der Waals surface area contributed by atoms with Crippen LogP contribution >= 0.6 is 0 Å². The van der Waals surface area contributed by atoms with Crippen molar-refractivity contribution in [2.75, 3.05) is 4.90 Å². The molecule has 0 saturated heterocycles. The summed E-state index contributed by atoms with van der Waals surface area (Å²) in [5, 5.41) is 7.70. The molecule has 8 aromatic carbocycles. The van der Waals surface area contributed by atoms with Crippen LogP contribution in [0.25, 0.3) is 99.3 Å². The van der Waals surface area contributed by atoms with Gasteiger partial charge in [-0.05, 0) is 64.9 Å². The second-order valence-corrected chi connectivity index (χ2v) is 13.7. The molecule has 5 heteroatoms. The van der Waals surface area contributed by atoms with Crippen molar-refractivity contribution in [2.45, 2.75) is 0 Å². The van der Waals surface area contributed by atoms with Gasteiger partial charge in [-0.1, -0.05) is 115 Å². The van der Waals surface area contributed by atoms with Crippen LogP contribution in [0.5, 0.6) is 0 Å². The molecule has 0 aliphatic carbocycles. The van der Waals surface area contributed by atoms with E-state index in [-0.39, 0.29) is 0 Å². The van der Waals surface area contributed by atoms with E-state index in [0.717, 1.165) is 71.7 Å². The van der Waals surface area contributed by atoms with Gasteiger partial charge in [0.15, 0.2) is 11.4 Å². The van der Waals surface area contributed by atoms with Crippen LogP contribution in [-0.4, -0.2) is 9.97 Å². The first kappa shape index (κ1) is 28.5. The number of hydrogen-bond acceptors (Lipinski definition) is 5. The van der Waals surface area contributed by atoms with Gasteiger partial charge in [-0.15, -0.1) is 0 Å². The molecule has 1 aliphatic rings. The van der Waals surface area contributed by atoms with Crippen LogP contribution in [0.15, 0.2) is 173 Å². The average Bonchev–Trinajstić information content (AvgIpc) is 3.79. The van der Waals surface area contributed by atoms with Crippen LogP contribution in [-0.2, 0) is 0 Å². The number of benzene rings is 8. The van der Waals surface area contributed by atoms with Crippen LogP contribution in [0.2, 0.25) is 0 Å². The Labute approximate surface area is 303 Å². The largest absolute Gasteiger partial charge is 0.455 e. The number of furan rings is 2. The molecule has 53 heavy (non-hydrogen) atoms. The van der Waals surface area contributed by atoms with Gasteiger partial charge >= 0.3 is 0 Å². The summed E-state index contributed by atoms with van der Waals surface area (Å²) in [7, 11) is 0. The van der Waals surface area contributed by atoms with Gasteiger partial charge < -0.3 is 13.7 Å². The molecular formula is C48H27N3O2. The minimum absolute atomic E-state index is 0.626. The van der Waals surface area contributed by atoms with Crippen molar-refractivity contribution < 1.29 is 8.83 Å². The van der Waals surface area contributed by atoms with Gasteiger partial charge in [-0.2, -0.15) is 0 Å². The maximum Gasteiger partial charge on any atom is 0.180 e. The standard InChI is InChI=1S/C48H27N3O2/c1-2-15-30-29(14-1)35(26-27-39(30)51-38-22-6-3-16-31(38)33-19-9-12-28-13-10-23-40(51)43(28)33)48-49-44-36-18-5-8-25-42(36)53-47(44)45(50-48)37-21-11-20-34-32-17-4-7-24-41(32)52-46(34)37/h1-27H. The van der Waals surface area contributed by atoms with E-state index in [4.69, 9.17) is 18.8 Å². The lowest BCUT2D eigenvalue weighted by molar-refractivity contribution is 0.663. The quantitative estimate of drug-likeness (QED) is 0.186. The molecule has 3 aromatic heterocycles. The molecule has 4 heterocycles. The smallest absolute Gasteiger partial charge is 0.180 e. The molecule has 0 saturated carbocycles. The second-order valence-electron chi connectivity index (χ2n) is 13.7.